The van der Waals surface area contributed by atoms with Crippen molar-refractivity contribution >= 4 is 35.2 Å². The highest BCUT2D eigenvalue weighted by Crippen LogP contribution is 2.26. The number of Topliss-reactive ketones (excluding diaryl/α,β-unsaturated/α-hetero) is 1. The van der Waals surface area contributed by atoms with Crippen LogP contribution in [0.1, 0.15) is 61.2 Å². The summed E-state index contributed by atoms with van der Waals surface area (Å²) in [6, 6.07) is 10.5. The highest BCUT2D eigenvalue weighted by molar-refractivity contribution is 6.31. The smallest absolute Gasteiger partial charge is 0.338 e. The standard InChI is InChI=1S/C23H20ClNO6/c1-13(20(26)14-4-2-5-16(24)10-14)31-23(29)15-7-8-18-19(11-15)22(28)25(21(18)27)12-17-6-3-9-30-17/h2,4-5,7-8,10-11,13,17H,3,6,9,12H2,1H3/t13-,17+/m0/s1. The van der Waals surface area contributed by atoms with Gasteiger partial charge in [-0.2, -0.15) is 0 Å². The molecule has 2 aliphatic heterocycles. The van der Waals surface area contributed by atoms with Gasteiger partial charge in [0.25, 0.3) is 11.8 Å². The van der Waals surface area contributed by atoms with Crippen LogP contribution in [0.25, 0.3) is 0 Å². The lowest BCUT2D eigenvalue weighted by Crippen LogP contribution is -2.36. The number of ether oxygens (including phenoxy) is 2. The topological polar surface area (TPSA) is 90.0 Å². The minimum Gasteiger partial charge on any atom is -0.451 e. The highest BCUT2D eigenvalue weighted by Gasteiger charge is 2.38. The Hall–Kier alpha value is -3.03. The first-order valence-electron chi connectivity index (χ1n) is 9.98. The molecule has 0 spiro atoms. The number of benzene rings is 2. The van der Waals surface area contributed by atoms with Crippen LogP contribution in [0.15, 0.2) is 42.5 Å². The van der Waals surface area contributed by atoms with Crippen molar-refractivity contribution in [3.05, 3.63) is 69.7 Å². The summed E-state index contributed by atoms with van der Waals surface area (Å²) in [5.41, 5.74) is 0.797. The van der Waals surface area contributed by atoms with E-state index in [0.717, 1.165) is 17.7 Å². The Balaban J connectivity index is 1.47. The molecule has 2 aromatic rings. The molecule has 31 heavy (non-hydrogen) atoms. The van der Waals surface area contributed by atoms with E-state index in [0.29, 0.717) is 17.2 Å². The summed E-state index contributed by atoms with van der Waals surface area (Å²) < 4.78 is 10.8. The number of halogens is 1. The van der Waals surface area contributed by atoms with Crippen LogP contribution in [-0.4, -0.2) is 53.8 Å². The van der Waals surface area contributed by atoms with Crippen LogP contribution in [0.3, 0.4) is 0 Å². The van der Waals surface area contributed by atoms with Gasteiger partial charge in [-0.3, -0.25) is 19.3 Å². The zero-order valence-corrected chi connectivity index (χ0v) is 17.6. The summed E-state index contributed by atoms with van der Waals surface area (Å²) in [5, 5.41) is 0.402. The van der Waals surface area contributed by atoms with Crippen LogP contribution >= 0.6 is 11.6 Å². The molecule has 0 radical (unpaired) electrons. The molecule has 2 atom stereocenters. The number of fused-ring (bicyclic) bond motifs is 1. The molecule has 2 amide bonds. The van der Waals surface area contributed by atoms with Crippen molar-refractivity contribution in [1.82, 2.24) is 4.90 Å². The van der Waals surface area contributed by atoms with Gasteiger partial charge in [0, 0.05) is 17.2 Å². The summed E-state index contributed by atoms with van der Waals surface area (Å²) in [7, 11) is 0. The van der Waals surface area contributed by atoms with E-state index in [9.17, 15) is 19.2 Å². The van der Waals surface area contributed by atoms with Crippen LogP contribution < -0.4 is 0 Å². The van der Waals surface area contributed by atoms with Gasteiger partial charge in [0.2, 0.25) is 5.78 Å². The Morgan fingerprint density at radius 3 is 2.61 bits per heavy atom. The number of esters is 1. The SMILES string of the molecule is C[C@H](OC(=O)c1ccc2c(c1)C(=O)N(C[C@H]1CCCO1)C2=O)C(=O)c1cccc(Cl)c1. The fourth-order valence-corrected chi connectivity index (χ4v) is 3.92. The van der Waals surface area contributed by atoms with E-state index in [1.165, 1.54) is 31.2 Å². The molecular weight excluding hydrogens is 422 g/mol. The molecule has 4 rings (SSSR count). The maximum Gasteiger partial charge on any atom is 0.338 e. The molecule has 0 unspecified atom stereocenters. The largest absolute Gasteiger partial charge is 0.451 e. The number of imide groups is 1. The lowest BCUT2D eigenvalue weighted by atomic mass is 10.1. The molecule has 8 heteroatoms. The minimum absolute atomic E-state index is 0.0876. The molecular formula is C23H20ClNO6. The lowest BCUT2D eigenvalue weighted by molar-refractivity contribution is 0.0318. The predicted octanol–water partition coefficient (Wildman–Crippen LogP) is 3.54. The third-order valence-electron chi connectivity index (χ3n) is 5.38. The Bertz CT molecular complexity index is 1080. The number of amides is 2. The zero-order chi connectivity index (χ0) is 22.1. The third-order valence-corrected chi connectivity index (χ3v) is 5.61. The number of hydrogen-bond donors (Lipinski definition) is 0. The van der Waals surface area contributed by atoms with E-state index in [4.69, 9.17) is 21.1 Å². The average Bonchev–Trinajstić information content (AvgIpc) is 3.36. The molecule has 0 aliphatic carbocycles. The lowest BCUT2D eigenvalue weighted by Gasteiger charge is -2.17. The van der Waals surface area contributed by atoms with Crippen molar-refractivity contribution in [3.63, 3.8) is 0 Å². The first-order chi connectivity index (χ1) is 14.8. The molecule has 1 fully saturated rings. The van der Waals surface area contributed by atoms with E-state index in [1.54, 1.807) is 18.2 Å². The van der Waals surface area contributed by atoms with E-state index in [-0.39, 0.29) is 29.3 Å². The number of carbonyl (C=O) groups is 4. The van der Waals surface area contributed by atoms with Crippen molar-refractivity contribution in [2.75, 3.05) is 13.2 Å². The molecule has 2 aliphatic rings. The van der Waals surface area contributed by atoms with Gasteiger partial charge in [-0.1, -0.05) is 23.7 Å². The Morgan fingerprint density at radius 2 is 1.90 bits per heavy atom. The van der Waals surface area contributed by atoms with Gasteiger partial charge >= 0.3 is 5.97 Å². The van der Waals surface area contributed by atoms with Crippen molar-refractivity contribution in [2.24, 2.45) is 0 Å². The van der Waals surface area contributed by atoms with Crippen molar-refractivity contribution < 1.29 is 28.7 Å². The first-order valence-corrected chi connectivity index (χ1v) is 10.4. The predicted molar refractivity (Wildman–Crippen MR) is 111 cm³/mol. The van der Waals surface area contributed by atoms with E-state index in [1.807, 2.05) is 0 Å². The van der Waals surface area contributed by atoms with Gasteiger partial charge in [-0.25, -0.2) is 4.79 Å². The number of nitrogens with zero attached hydrogens (tertiary/aromatic N) is 1. The fourth-order valence-electron chi connectivity index (χ4n) is 3.73. The molecule has 2 heterocycles. The van der Waals surface area contributed by atoms with E-state index >= 15 is 0 Å². The molecule has 0 bridgehead atoms. The number of carbonyl (C=O) groups excluding carboxylic acids is 4. The Kier molecular flexibility index (Phi) is 5.89. The fraction of sp³-hybridized carbons (Fsp3) is 0.304. The second kappa shape index (κ2) is 8.61. The van der Waals surface area contributed by atoms with Gasteiger partial charge in [-0.05, 0) is 50.1 Å². The number of ketones is 1. The normalized spacial score (nSPS) is 18.8. The molecule has 0 saturated carbocycles. The first kappa shape index (κ1) is 21.2. The molecule has 1 saturated heterocycles. The highest BCUT2D eigenvalue weighted by atomic mass is 35.5. The second-order valence-corrected chi connectivity index (χ2v) is 7.97. The van der Waals surface area contributed by atoms with Crippen LogP contribution in [0.5, 0.6) is 0 Å². The molecule has 2 aromatic carbocycles. The van der Waals surface area contributed by atoms with Crippen molar-refractivity contribution in [3.8, 4) is 0 Å². The van der Waals surface area contributed by atoms with Gasteiger partial charge in [0.05, 0.1) is 29.3 Å². The van der Waals surface area contributed by atoms with Gasteiger partial charge in [-0.15, -0.1) is 0 Å². The summed E-state index contributed by atoms with van der Waals surface area (Å²) in [6.45, 7) is 2.28. The zero-order valence-electron chi connectivity index (χ0n) is 16.8. The maximum atomic E-state index is 12.7. The number of hydrogen-bond acceptors (Lipinski definition) is 6. The van der Waals surface area contributed by atoms with Crippen molar-refractivity contribution in [1.29, 1.82) is 0 Å². The number of rotatable bonds is 6. The summed E-state index contributed by atoms with van der Waals surface area (Å²) in [6.07, 6.45) is 0.483. The van der Waals surface area contributed by atoms with Crippen LogP contribution in [-0.2, 0) is 9.47 Å². The van der Waals surface area contributed by atoms with Crippen molar-refractivity contribution in [2.45, 2.75) is 32.0 Å². The van der Waals surface area contributed by atoms with Crippen LogP contribution in [0.4, 0.5) is 0 Å². The third kappa shape index (κ3) is 4.24. The molecule has 160 valence electrons. The average molecular weight is 442 g/mol. The molecule has 7 nitrogen and oxygen atoms in total. The second-order valence-electron chi connectivity index (χ2n) is 7.54. The maximum absolute atomic E-state index is 12.7. The van der Waals surface area contributed by atoms with Crippen LogP contribution in [0.2, 0.25) is 5.02 Å². The quantitative estimate of drug-likeness (QED) is 0.387. The monoisotopic (exact) mass is 441 g/mol. The summed E-state index contributed by atoms with van der Waals surface area (Å²) in [5.74, 6) is -2.03. The summed E-state index contributed by atoms with van der Waals surface area (Å²) in [4.78, 5) is 51.6. The van der Waals surface area contributed by atoms with Gasteiger partial charge in [0.1, 0.15) is 0 Å². The Morgan fingerprint density at radius 1 is 1.13 bits per heavy atom. The van der Waals surface area contributed by atoms with E-state index in [2.05, 4.69) is 0 Å². The molecule has 0 N–H and O–H groups in total. The Labute approximate surface area is 183 Å². The molecule has 0 aromatic heterocycles. The van der Waals surface area contributed by atoms with Gasteiger partial charge < -0.3 is 9.47 Å². The summed E-state index contributed by atoms with van der Waals surface area (Å²) >= 11 is 5.91. The minimum atomic E-state index is -1.05. The van der Waals surface area contributed by atoms with E-state index < -0.39 is 29.7 Å². The van der Waals surface area contributed by atoms with Crippen LogP contribution in [0, 0.1) is 0 Å². The van der Waals surface area contributed by atoms with Gasteiger partial charge in [0.15, 0.2) is 6.10 Å².